The highest BCUT2D eigenvalue weighted by molar-refractivity contribution is 5.79. The van der Waals surface area contributed by atoms with E-state index in [0.717, 1.165) is 30.8 Å². The van der Waals surface area contributed by atoms with Crippen molar-refractivity contribution in [3.63, 3.8) is 0 Å². The van der Waals surface area contributed by atoms with Gasteiger partial charge in [-0.1, -0.05) is 5.11 Å². The van der Waals surface area contributed by atoms with Crippen molar-refractivity contribution < 1.29 is 4.74 Å². The Morgan fingerprint density at radius 2 is 2.30 bits per heavy atom. The van der Waals surface area contributed by atoms with Crippen molar-refractivity contribution in [1.29, 1.82) is 5.26 Å². The van der Waals surface area contributed by atoms with Crippen LogP contribution in [0.1, 0.15) is 13.3 Å². The van der Waals surface area contributed by atoms with E-state index in [-0.39, 0.29) is 6.10 Å². The number of hydrogen-bond donors (Lipinski definition) is 1. The van der Waals surface area contributed by atoms with Gasteiger partial charge in [0, 0.05) is 29.1 Å². The fraction of sp³-hybridized carbons (Fsp3) is 0.368. The van der Waals surface area contributed by atoms with E-state index >= 15 is 0 Å². The van der Waals surface area contributed by atoms with Gasteiger partial charge in [0.05, 0.1) is 42.4 Å². The third-order valence-electron chi connectivity index (χ3n) is 5.40. The number of morpholine rings is 1. The highest BCUT2D eigenvalue weighted by Crippen LogP contribution is 2.33. The Morgan fingerprint density at radius 1 is 1.40 bits per heavy atom. The van der Waals surface area contributed by atoms with Gasteiger partial charge in [0.2, 0.25) is 0 Å². The second-order valence-electron chi connectivity index (χ2n) is 7.38. The van der Waals surface area contributed by atoms with Gasteiger partial charge >= 0.3 is 0 Å². The summed E-state index contributed by atoms with van der Waals surface area (Å²) in [6, 6.07) is 7.70. The molecule has 0 aromatic carbocycles. The first-order valence-electron chi connectivity index (χ1n) is 9.61. The Kier molecular flexibility index (Phi) is 4.35. The molecule has 2 fully saturated rings. The SMILES string of the molecule is C[C@H](C#N)Nc1cc(-n2ncc3ccc(N4C[C@H]5C[C@@H]4CO5)nc32)ncc1N=[N+]=[N-]. The molecule has 3 atom stereocenters. The highest BCUT2D eigenvalue weighted by Gasteiger charge is 2.39. The summed E-state index contributed by atoms with van der Waals surface area (Å²) in [6.07, 6.45) is 4.51. The molecule has 1 N–H and O–H groups in total. The zero-order chi connectivity index (χ0) is 20.7. The number of aromatic nitrogens is 4. The first-order chi connectivity index (χ1) is 14.7. The van der Waals surface area contributed by atoms with E-state index in [9.17, 15) is 0 Å². The van der Waals surface area contributed by atoms with Crippen molar-refractivity contribution in [2.45, 2.75) is 31.5 Å². The van der Waals surface area contributed by atoms with Crippen LogP contribution >= 0.6 is 0 Å². The van der Waals surface area contributed by atoms with Gasteiger partial charge in [-0.25, -0.2) is 9.97 Å². The van der Waals surface area contributed by atoms with Gasteiger partial charge in [0.1, 0.15) is 11.9 Å². The van der Waals surface area contributed by atoms with Crippen molar-refractivity contribution in [3.8, 4) is 11.9 Å². The average molecular weight is 402 g/mol. The first-order valence-corrected chi connectivity index (χ1v) is 9.61. The molecule has 3 aromatic rings. The minimum absolute atomic E-state index is 0.281. The van der Waals surface area contributed by atoms with E-state index in [0.29, 0.717) is 28.9 Å². The lowest BCUT2D eigenvalue weighted by molar-refractivity contribution is 0.0989. The number of anilines is 2. The van der Waals surface area contributed by atoms with Crippen LogP contribution in [-0.2, 0) is 4.74 Å². The molecule has 0 aliphatic carbocycles. The minimum atomic E-state index is -0.472. The quantitative estimate of drug-likeness (QED) is 0.393. The second-order valence-corrected chi connectivity index (χ2v) is 7.38. The molecule has 5 rings (SSSR count). The van der Waals surface area contributed by atoms with Crippen LogP contribution in [0.4, 0.5) is 17.2 Å². The van der Waals surface area contributed by atoms with Gasteiger partial charge in [0.25, 0.3) is 0 Å². The molecule has 30 heavy (non-hydrogen) atoms. The third kappa shape index (κ3) is 3.04. The van der Waals surface area contributed by atoms with Crippen LogP contribution in [0, 0.1) is 11.3 Å². The predicted octanol–water partition coefficient (Wildman–Crippen LogP) is 3.06. The Balaban J connectivity index is 1.55. The summed E-state index contributed by atoms with van der Waals surface area (Å²) >= 11 is 0. The van der Waals surface area contributed by atoms with Crippen molar-refractivity contribution in [1.82, 2.24) is 19.7 Å². The molecule has 0 spiro atoms. The van der Waals surface area contributed by atoms with Crippen molar-refractivity contribution in [2.75, 3.05) is 23.4 Å². The molecule has 0 amide bonds. The molecule has 150 valence electrons. The number of nitrogens with one attached hydrogen (secondary N) is 1. The average Bonchev–Trinajstić information content (AvgIpc) is 3.50. The lowest BCUT2D eigenvalue weighted by Crippen LogP contribution is -2.37. The summed E-state index contributed by atoms with van der Waals surface area (Å²) in [5, 5.41) is 21.1. The predicted molar refractivity (Wildman–Crippen MR) is 110 cm³/mol. The Hall–Kier alpha value is -3.87. The Labute approximate surface area is 171 Å². The van der Waals surface area contributed by atoms with E-state index in [1.54, 1.807) is 23.9 Å². The van der Waals surface area contributed by atoms with E-state index < -0.39 is 6.04 Å². The molecule has 0 radical (unpaired) electrons. The van der Waals surface area contributed by atoms with Crippen molar-refractivity contribution in [2.24, 2.45) is 5.11 Å². The Bertz CT molecular complexity index is 1210. The Morgan fingerprint density at radius 3 is 3.03 bits per heavy atom. The number of pyridine rings is 2. The molecule has 5 heterocycles. The lowest BCUT2D eigenvalue weighted by Gasteiger charge is -2.27. The topological polar surface area (TPSA) is 141 Å². The molecule has 2 saturated heterocycles. The number of fused-ring (bicyclic) bond motifs is 3. The summed E-state index contributed by atoms with van der Waals surface area (Å²) < 4.78 is 7.34. The van der Waals surface area contributed by atoms with Crippen LogP contribution in [0.15, 0.2) is 35.7 Å². The summed E-state index contributed by atoms with van der Waals surface area (Å²) in [4.78, 5) is 14.4. The minimum Gasteiger partial charge on any atom is -0.374 e. The summed E-state index contributed by atoms with van der Waals surface area (Å²) in [5.74, 6) is 1.40. The zero-order valence-electron chi connectivity index (χ0n) is 16.2. The largest absolute Gasteiger partial charge is 0.374 e. The van der Waals surface area contributed by atoms with Crippen LogP contribution in [0.25, 0.3) is 27.3 Å². The number of azide groups is 1. The molecule has 2 bridgehead atoms. The zero-order valence-corrected chi connectivity index (χ0v) is 16.2. The standard InChI is InChI=1S/C19H18N10O/c1-11(6-20)24-15-5-18(22-8-16(15)26-27-21)29-19-12(7-23-29)2-3-17(25-19)28-9-14-4-13(28)10-30-14/h2-3,5,7-8,11,13-14H,4,9-10H2,1H3,(H,22,24)/t11-,13-,14-/m1/s1. The van der Waals surface area contributed by atoms with Gasteiger partial charge in [-0.2, -0.15) is 15.0 Å². The van der Waals surface area contributed by atoms with Crippen LogP contribution in [0.5, 0.6) is 0 Å². The van der Waals surface area contributed by atoms with Crippen LogP contribution < -0.4 is 10.2 Å². The lowest BCUT2D eigenvalue weighted by atomic mass is 10.2. The monoisotopic (exact) mass is 402 g/mol. The van der Waals surface area contributed by atoms with E-state index in [1.165, 1.54) is 6.20 Å². The molecular weight excluding hydrogens is 384 g/mol. The molecule has 2 aliphatic heterocycles. The van der Waals surface area contributed by atoms with Gasteiger partial charge in [-0.15, -0.1) is 0 Å². The molecule has 0 saturated carbocycles. The van der Waals surface area contributed by atoms with Gasteiger partial charge in [-0.3, -0.25) is 0 Å². The number of ether oxygens (including phenoxy) is 1. The normalized spacial score (nSPS) is 20.7. The molecular formula is C19H18N10O. The van der Waals surface area contributed by atoms with Crippen molar-refractivity contribution in [3.05, 3.63) is 41.0 Å². The maximum atomic E-state index is 9.12. The van der Waals surface area contributed by atoms with Crippen LogP contribution in [-0.4, -0.2) is 51.1 Å². The molecule has 11 heteroatoms. The highest BCUT2D eigenvalue weighted by atomic mass is 16.5. The fourth-order valence-electron chi connectivity index (χ4n) is 3.96. The number of rotatable bonds is 5. The van der Waals surface area contributed by atoms with Gasteiger partial charge in [0.15, 0.2) is 11.5 Å². The van der Waals surface area contributed by atoms with Gasteiger partial charge < -0.3 is 15.0 Å². The van der Waals surface area contributed by atoms with E-state index in [1.807, 2.05) is 12.1 Å². The number of hydrogen-bond acceptors (Lipinski definition) is 8. The van der Waals surface area contributed by atoms with Gasteiger partial charge in [-0.05, 0) is 31.0 Å². The van der Waals surface area contributed by atoms with Crippen molar-refractivity contribution >= 4 is 28.2 Å². The summed E-state index contributed by atoms with van der Waals surface area (Å²) in [6.45, 7) is 3.29. The fourth-order valence-corrected chi connectivity index (χ4v) is 3.96. The maximum absolute atomic E-state index is 9.12. The van der Waals surface area contributed by atoms with Crippen LogP contribution in [0.3, 0.4) is 0 Å². The maximum Gasteiger partial charge on any atom is 0.167 e. The van der Waals surface area contributed by atoms with E-state index in [4.69, 9.17) is 20.5 Å². The third-order valence-corrected chi connectivity index (χ3v) is 5.40. The molecule has 11 nitrogen and oxygen atoms in total. The second kappa shape index (κ2) is 7.18. The van der Waals surface area contributed by atoms with Crippen LogP contribution in [0.2, 0.25) is 0 Å². The summed E-state index contributed by atoms with van der Waals surface area (Å²) in [7, 11) is 0. The van der Waals surface area contributed by atoms with E-state index in [2.05, 4.69) is 36.4 Å². The molecule has 0 unspecified atom stereocenters. The number of nitrogens with zero attached hydrogens (tertiary/aromatic N) is 9. The summed E-state index contributed by atoms with van der Waals surface area (Å²) in [5.41, 5.74) is 10.3. The molecule has 3 aromatic heterocycles. The number of nitriles is 1. The first kappa shape index (κ1) is 18.2. The molecule has 2 aliphatic rings. The smallest absolute Gasteiger partial charge is 0.167 e.